The lowest BCUT2D eigenvalue weighted by Crippen LogP contribution is -2.06. The van der Waals surface area contributed by atoms with Gasteiger partial charge in [-0.25, -0.2) is 0 Å². The molecule has 104 valence electrons. The van der Waals surface area contributed by atoms with Crippen molar-refractivity contribution in [2.75, 3.05) is 12.4 Å². The highest BCUT2D eigenvalue weighted by Crippen LogP contribution is 2.27. The van der Waals surface area contributed by atoms with Gasteiger partial charge in [0.05, 0.1) is 7.11 Å². The molecule has 0 fully saturated rings. The molecule has 0 radical (unpaired) electrons. The molecule has 2 heteroatoms. The van der Waals surface area contributed by atoms with Gasteiger partial charge in [0.15, 0.2) is 0 Å². The van der Waals surface area contributed by atoms with Crippen molar-refractivity contribution >= 4 is 5.69 Å². The number of hydrogen-bond donors (Lipinski definition) is 1. The first kappa shape index (κ1) is 13.0. The van der Waals surface area contributed by atoms with Crippen molar-refractivity contribution in [1.29, 1.82) is 0 Å². The van der Waals surface area contributed by atoms with E-state index < -0.39 is 0 Å². The van der Waals surface area contributed by atoms with Crippen molar-refractivity contribution in [2.45, 2.75) is 32.2 Å². The maximum Gasteiger partial charge on any atom is 0.118 e. The quantitative estimate of drug-likeness (QED) is 0.888. The highest BCUT2D eigenvalue weighted by molar-refractivity contribution is 5.51. The molecule has 1 aliphatic rings. The van der Waals surface area contributed by atoms with E-state index in [1.807, 2.05) is 12.1 Å². The van der Waals surface area contributed by atoms with Crippen molar-refractivity contribution in [1.82, 2.24) is 0 Å². The van der Waals surface area contributed by atoms with Crippen molar-refractivity contribution in [3.05, 3.63) is 59.2 Å². The molecular formula is C18H21NO. The number of benzene rings is 2. The predicted octanol–water partition coefficient (Wildman–Crippen LogP) is 4.36. The van der Waals surface area contributed by atoms with Crippen molar-refractivity contribution < 1.29 is 4.74 Å². The van der Waals surface area contributed by atoms with E-state index in [1.165, 1.54) is 41.6 Å². The fourth-order valence-electron chi connectivity index (χ4n) is 2.89. The molecule has 2 aromatic carbocycles. The summed E-state index contributed by atoms with van der Waals surface area (Å²) in [5.41, 5.74) is 5.52. The number of rotatable bonds is 4. The number of aryl methyl sites for hydroxylation is 2. The van der Waals surface area contributed by atoms with Crippen LogP contribution < -0.4 is 10.1 Å². The molecule has 20 heavy (non-hydrogen) atoms. The SMILES string of the molecule is COc1ccc(C(C)Nc2ccc3c(c2)CCC3)cc1. The fraction of sp³-hybridized carbons (Fsp3) is 0.333. The minimum atomic E-state index is 0.292. The minimum absolute atomic E-state index is 0.292. The average Bonchev–Trinajstić information content (AvgIpc) is 2.95. The second-order valence-corrected chi connectivity index (χ2v) is 5.48. The Morgan fingerprint density at radius 1 is 1.00 bits per heavy atom. The number of methoxy groups -OCH3 is 1. The summed E-state index contributed by atoms with van der Waals surface area (Å²) in [5.74, 6) is 0.901. The van der Waals surface area contributed by atoms with Gasteiger partial charge in [-0.05, 0) is 67.1 Å². The van der Waals surface area contributed by atoms with Crippen LogP contribution in [-0.2, 0) is 12.8 Å². The van der Waals surface area contributed by atoms with Gasteiger partial charge in [-0.2, -0.15) is 0 Å². The third-order valence-electron chi connectivity index (χ3n) is 4.10. The third-order valence-corrected chi connectivity index (χ3v) is 4.10. The van der Waals surface area contributed by atoms with Gasteiger partial charge in [0.1, 0.15) is 5.75 Å². The normalized spacial score (nSPS) is 14.7. The summed E-state index contributed by atoms with van der Waals surface area (Å²) in [6.45, 7) is 2.19. The van der Waals surface area contributed by atoms with E-state index >= 15 is 0 Å². The first-order valence-corrected chi connectivity index (χ1v) is 7.28. The van der Waals surface area contributed by atoms with Crippen LogP contribution in [0.3, 0.4) is 0 Å². The zero-order chi connectivity index (χ0) is 13.9. The van der Waals surface area contributed by atoms with Crippen LogP contribution in [0.5, 0.6) is 5.75 Å². The lowest BCUT2D eigenvalue weighted by atomic mass is 10.1. The Bertz CT molecular complexity index is 589. The molecule has 1 N–H and O–H groups in total. The van der Waals surface area contributed by atoms with Gasteiger partial charge in [-0.15, -0.1) is 0 Å². The molecule has 0 aromatic heterocycles. The topological polar surface area (TPSA) is 21.3 Å². The Labute approximate surface area is 120 Å². The largest absolute Gasteiger partial charge is 0.497 e. The fourth-order valence-corrected chi connectivity index (χ4v) is 2.89. The molecule has 1 atom stereocenters. The molecule has 3 rings (SSSR count). The Kier molecular flexibility index (Phi) is 3.64. The lowest BCUT2D eigenvalue weighted by Gasteiger charge is -2.17. The van der Waals surface area contributed by atoms with E-state index in [1.54, 1.807) is 7.11 Å². The highest BCUT2D eigenvalue weighted by atomic mass is 16.5. The van der Waals surface area contributed by atoms with Crippen molar-refractivity contribution in [2.24, 2.45) is 0 Å². The van der Waals surface area contributed by atoms with E-state index in [4.69, 9.17) is 4.74 Å². The standard InChI is InChI=1S/C18H21NO/c1-13(14-7-10-18(20-2)11-8-14)19-17-9-6-15-4-3-5-16(15)12-17/h6-13,19H,3-5H2,1-2H3. The second-order valence-electron chi connectivity index (χ2n) is 5.48. The van der Waals surface area contributed by atoms with Crippen LogP contribution in [0.4, 0.5) is 5.69 Å². The number of anilines is 1. The average molecular weight is 267 g/mol. The second kappa shape index (κ2) is 5.58. The predicted molar refractivity (Wildman–Crippen MR) is 83.5 cm³/mol. The first-order chi connectivity index (χ1) is 9.76. The molecule has 0 saturated carbocycles. The molecular weight excluding hydrogens is 246 g/mol. The van der Waals surface area contributed by atoms with Crippen LogP contribution in [0.25, 0.3) is 0 Å². The van der Waals surface area contributed by atoms with Crippen LogP contribution in [-0.4, -0.2) is 7.11 Å². The summed E-state index contributed by atoms with van der Waals surface area (Å²) in [5, 5.41) is 3.58. The summed E-state index contributed by atoms with van der Waals surface area (Å²) in [6.07, 6.45) is 3.76. The van der Waals surface area contributed by atoms with Gasteiger partial charge in [-0.3, -0.25) is 0 Å². The van der Waals surface area contributed by atoms with Crippen molar-refractivity contribution in [3.8, 4) is 5.75 Å². The molecule has 0 saturated heterocycles. The van der Waals surface area contributed by atoms with E-state index in [0.717, 1.165) is 5.75 Å². The Balaban J connectivity index is 1.73. The Hall–Kier alpha value is -1.96. The van der Waals surface area contributed by atoms with Crippen LogP contribution in [0.1, 0.15) is 36.1 Å². The lowest BCUT2D eigenvalue weighted by molar-refractivity contribution is 0.414. The van der Waals surface area contributed by atoms with Crippen LogP contribution in [0.2, 0.25) is 0 Å². The molecule has 1 aliphatic carbocycles. The molecule has 0 amide bonds. The van der Waals surface area contributed by atoms with Gasteiger partial charge in [0, 0.05) is 11.7 Å². The molecule has 2 aromatic rings. The maximum atomic E-state index is 5.20. The van der Waals surface area contributed by atoms with Crippen LogP contribution in [0, 0.1) is 0 Å². The van der Waals surface area contributed by atoms with Gasteiger partial charge >= 0.3 is 0 Å². The van der Waals surface area contributed by atoms with E-state index in [2.05, 4.69) is 42.6 Å². The number of hydrogen-bond acceptors (Lipinski definition) is 2. The highest BCUT2D eigenvalue weighted by Gasteiger charge is 2.12. The number of fused-ring (bicyclic) bond motifs is 1. The summed E-state index contributed by atoms with van der Waals surface area (Å²) in [7, 11) is 1.70. The van der Waals surface area contributed by atoms with Crippen LogP contribution in [0.15, 0.2) is 42.5 Å². The molecule has 1 unspecified atom stereocenters. The van der Waals surface area contributed by atoms with Gasteiger partial charge in [-0.1, -0.05) is 18.2 Å². The van der Waals surface area contributed by atoms with Crippen LogP contribution >= 0.6 is 0 Å². The summed E-state index contributed by atoms with van der Waals surface area (Å²) in [6, 6.07) is 15.3. The molecule has 0 spiro atoms. The van der Waals surface area contributed by atoms with E-state index in [0.29, 0.717) is 6.04 Å². The third kappa shape index (κ3) is 2.64. The van der Waals surface area contributed by atoms with E-state index in [9.17, 15) is 0 Å². The summed E-state index contributed by atoms with van der Waals surface area (Å²) in [4.78, 5) is 0. The van der Waals surface area contributed by atoms with E-state index in [-0.39, 0.29) is 0 Å². The molecule has 0 aliphatic heterocycles. The Morgan fingerprint density at radius 3 is 2.50 bits per heavy atom. The van der Waals surface area contributed by atoms with Gasteiger partial charge in [0.2, 0.25) is 0 Å². The summed E-state index contributed by atoms with van der Waals surface area (Å²) >= 11 is 0. The zero-order valence-corrected chi connectivity index (χ0v) is 12.1. The zero-order valence-electron chi connectivity index (χ0n) is 12.1. The molecule has 0 heterocycles. The minimum Gasteiger partial charge on any atom is -0.497 e. The monoisotopic (exact) mass is 267 g/mol. The smallest absolute Gasteiger partial charge is 0.118 e. The van der Waals surface area contributed by atoms with Gasteiger partial charge in [0.25, 0.3) is 0 Å². The number of ether oxygens (including phenoxy) is 1. The number of nitrogens with one attached hydrogen (secondary N) is 1. The molecule has 0 bridgehead atoms. The first-order valence-electron chi connectivity index (χ1n) is 7.28. The van der Waals surface area contributed by atoms with Gasteiger partial charge < -0.3 is 10.1 Å². The summed E-state index contributed by atoms with van der Waals surface area (Å²) < 4.78 is 5.20. The molecule has 2 nitrogen and oxygen atoms in total. The van der Waals surface area contributed by atoms with Crippen molar-refractivity contribution in [3.63, 3.8) is 0 Å². The maximum absolute atomic E-state index is 5.20. The Morgan fingerprint density at radius 2 is 1.75 bits per heavy atom.